The first-order valence-electron chi connectivity index (χ1n) is 30.7. The number of aliphatic imine (C=N–C) groups is 1. The van der Waals surface area contributed by atoms with E-state index >= 15 is 0 Å². The minimum atomic E-state index is -1.63. The van der Waals surface area contributed by atoms with Crippen molar-refractivity contribution in [3.63, 3.8) is 0 Å². The zero-order chi connectivity index (χ0) is 67.7. The van der Waals surface area contributed by atoms with Gasteiger partial charge in [0.1, 0.15) is 66.5 Å². The van der Waals surface area contributed by atoms with Crippen LogP contribution in [0.1, 0.15) is 126 Å². The molecule has 14 atom stereocenters. The van der Waals surface area contributed by atoms with E-state index in [1.165, 1.54) is 29.2 Å². The van der Waals surface area contributed by atoms with E-state index in [-0.39, 0.29) is 75.1 Å². The summed E-state index contributed by atoms with van der Waals surface area (Å²) in [6.07, 6.45) is 5.72. The van der Waals surface area contributed by atoms with Crippen molar-refractivity contribution in [1.82, 2.24) is 67.6 Å². The minimum Gasteiger partial charge on any atom is -0.394 e. The highest BCUT2D eigenvalue weighted by Gasteiger charge is 2.44. The van der Waals surface area contributed by atoms with Gasteiger partial charge in [0.2, 0.25) is 70.9 Å². The van der Waals surface area contributed by atoms with Gasteiger partial charge in [-0.1, -0.05) is 68.2 Å². The highest BCUT2D eigenvalue weighted by Crippen LogP contribution is 2.25. The van der Waals surface area contributed by atoms with Gasteiger partial charge in [-0.15, -0.1) is 0 Å². The molecule has 33 heteroatoms. The number of aromatic amines is 1. The molecule has 2 fully saturated rings. The van der Waals surface area contributed by atoms with E-state index < -0.39 is 168 Å². The summed E-state index contributed by atoms with van der Waals surface area (Å²) < 4.78 is 0. The number of hydrogen-bond donors (Lipinski definition) is 17. The average molecular weight is 1310 g/mol. The molecule has 1 aromatic heterocycles. The first-order chi connectivity index (χ1) is 42.4. The topological polar surface area (TPSA) is 485 Å². The minimum absolute atomic E-state index is 0.00764. The van der Waals surface area contributed by atoms with Crippen molar-refractivity contribution in [3.05, 3.63) is 18.2 Å². The third-order valence-corrected chi connectivity index (χ3v) is 16.7. The molecule has 506 valence electrons. The number of hydrogen-bond acceptors (Lipinski definition) is 18. The number of nitrogens with two attached hydrogens (primary N) is 4. The van der Waals surface area contributed by atoms with Gasteiger partial charge < -0.3 is 90.7 Å². The molecule has 12 amide bonds. The molecule has 3 rings (SSSR count). The van der Waals surface area contributed by atoms with E-state index in [9.17, 15) is 62.6 Å². The van der Waals surface area contributed by atoms with Crippen LogP contribution in [0.15, 0.2) is 17.5 Å². The number of primary amides is 1. The van der Waals surface area contributed by atoms with Crippen LogP contribution >= 0.6 is 25.3 Å². The molecule has 2 saturated heterocycles. The van der Waals surface area contributed by atoms with Crippen molar-refractivity contribution in [1.29, 1.82) is 0 Å². The van der Waals surface area contributed by atoms with Gasteiger partial charge >= 0.3 is 0 Å². The molecule has 0 saturated carbocycles. The molecule has 90 heavy (non-hydrogen) atoms. The molecule has 0 aliphatic carbocycles. The van der Waals surface area contributed by atoms with Crippen molar-refractivity contribution < 1.29 is 62.6 Å². The number of carbonyl (C=O) groups is 12. The van der Waals surface area contributed by atoms with Crippen LogP contribution in [-0.4, -0.2) is 212 Å². The van der Waals surface area contributed by atoms with Gasteiger partial charge in [-0.2, -0.15) is 25.3 Å². The van der Waals surface area contributed by atoms with E-state index in [1.54, 1.807) is 34.6 Å². The molecule has 2 aliphatic heterocycles. The zero-order valence-corrected chi connectivity index (χ0v) is 54.8. The van der Waals surface area contributed by atoms with Gasteiger partial charge in [0.25, 0.3) is 0 Å². The summed E-state index contributed by atoms with van der Waals surface area (Å²) in [4.78, 5) is 178. The Balaban J connectivity index is 1.70. The lowest BCUT2D eigenvalue weighted by atomic mass is 9.96. The van der Waals surface area contributed by atoms with Crippen LogP contribution in [0.4, 0.5) is 0 Å². The summed E-state index contributed by atoms with van der Waals surface area (Å²) in [7, 11) is 0. The van der Waals surface area contributed by atoms with Crippen molar-refractivity contribution >= 4 is 102 Å². The number of aromatic nitrogens is 2. The monoisotopic (exact) mass is 1310 g/mol. The lowest BCUT2D eigenvalue weighted by Crippen LogP contribution is -2.61. The number of rotatable bonds is 37. The van der Waals surface area contributed by atoms with Crippen LogP contribution in [0.3, 0.4) is 0 Å². The van der Waals surface area contributed by atoms with Gasteiger partial charge in [0.05, 0.1) is 19.0 Å². The van der Waals surface area contributed by atoms with E-state index in [1.807, 2.05) is 20.8 Å². The number of carbonyl (C=O) groups excluding carboxylic acids is 12. The summed E-state index contributed by atoms with van der Waals surface area (Å²) in [6, 6.07) is -14.5. The van der Waals surface area contributed by atoms with Gasteiger partial charge in [-0.3, -0.25) is 62.5 Å². The molecule has 3 heterocycles. The predicted molar refractivity (Wildman–Crippen MR) is 340 cm³/mol. The van der Waals surface area contributed by atoms with E-state index in [4.69, 9.17) is 22.9 Å². The molecule has 2 aliphatic rings. The van der Waals surface area contributed by atoms with Crippen molar-refractivity contribution in [2.24, 2.45) is 51.6 Å². The highest BCUT2D eigenvalue weighted by molar-refractivity contribution is 7.80. The number of amides is 12. The first-order valence-corrected chi connectivity index (χ1v) is 32.0. The number of H-pyrrole nitrogens is 1. The molecule has 0 radical (unpaired) electrons. The van der Waals surface area contributed by atoms with Crippen LogP contribution in [0, 0.1) is 23.7 Å². The number of thiol groups is 2. The lowest BCUT2D eigenvalue weighted by Gasteiger charge is -2.34. The Morgan fingerprint density at radius 2 is 1.12 bits per heavy atom. The fraction of sp³-hybridized carbons (Fsp3) is 0.719. The second kappa shape index (κ2) is 37.8. The molecule has 1 aromatic rings. The van der Waals surface area contributed by atoms with Gasteiger partial charge in [-0.25, -0.2) is 4.98 Å². The maximum absolute atomic E-state index is 14.6. The Morgan fingerprint density at radius 1 is 0.622 bits per heavy atom. The third-order valence-electron chi connectivity index (χ3n) is 16.0. The third kappa shape index (κ3) is 23.2. The second-order valence-corrected chi connectivity index (χ2v) is 24.5. The summed E-state index contributed by atoms with van der Waals surface area (Å²) in [5.41, 5.74) is 22.8. The van der Waals surface area contributed by atoms with E-state index in [0.29, 0.717) is 37.8 Å². The van der Waals surface area contributed by atoms with E-state index in [2.05, 4.69) is 88.1 Å². The van der Waals surface area contributed by atoms with Crippen LogP contribution < -0.4 is 70.8 Å². The number of guanidine groups is 1. The fourth-order valence-corrected chi connectivity index (χ4v) is 10.7. The SMILES string of the molecule is CC[C@H](C)[C@H](NC(=O)[C@@H]1CCCN1C(=O)[C@H](CC(C)C)NC(=O)[C@@H]1CCCN1C(=O)[C@@H](NC(=O)[C@H](C)NC(=O)[C@H](CO)NC(=O)[C@H](CS)NC(=O)[C@@H](NC(=O)[C@@H](N)CCCN=C(N)N)C(C)C)[C@@H](C)CC)C(=O)N[C@@H](CS)C(=O)N[C@@H](Cc1cnc[nH]1)C(N)=O. The van der Waals surface area contributed by atoms with Crippen LogP contribution in [0.2, 0.25) is 0 Å². The molecule has 0 bridgehead atoms. The smallest absolute Gasteiger partial charge is 0.246 e. The standard InChI is InChI=1S/C57H98N18O13S2/c1-10-30(7)43(54(86)70-38(25-89)49(81)66-35(45(59)77)22-33-23-62-27-64-33)72-52(84)41-17-13-19-74(41)55(87)36(21-28(3)4)67-51(83)40-16-14-20-75(40)56(88)44(31(8)11-2)73-46(78)32(9)65-48(80)37(24-76)68-50(82)39(26-90)69-53(85)42(29(5)6)71-47(79)34(58)15-12-18-63-57(60)61/h23,27-32,34-44,76,89-90H,10-22,24-26,58H2,1-9H3,(H2,59,77)(H,62,64)(H,65,80)(H,66,81)(H,67,83)(H,68,82)(H,69,85)(H,70,86)(H,71,79)(H,72,84)(H,73,78)(H4,60,61,63)/t30-,31-,32-,34-,35-,36-,37-,38-,39-,40-,41-,42-,43-,44-/m0/s1. The Morgan fingerprint density at radius 3 is 1.61 bits per heavy atom. The summed E-state index contributed by atoms with van der Waals surface area (Å²) in [5.74, 6) is -10.9. The molecular weight excluding hydrogens is 1210 g/mol. The first kappa shape index (κ1) is 77.0. The van der Waals surface area contributed by atoms with Crippen molar-refractivity contribution in [2.45, 2.75) is 199 Å². The molecule has 31 nitrogen and oxygen atoms in total. The molecule has 19 N–H and O–H groups in total. The van der Waals surface area contributed by atoms with Crippen molar-refractivity contribution in [2.75, 3.05) is 37.7 Å². The molecule has 0 aromatic carbocycles. The van der Waals surface area contributed by atoms with Gasteiger partial charge in [0.15, 0.2) is 5.96 Å². The zero-order valence-electron chi connectivity index (χ0n) is 53.0. The fourth-order valence-electron chi connectivity index (χ4n) is 10.2. The largest absolute Gasteiger partial charge is 0.394 e. The predicted octanol–water partition coefficient (Wildman–Crippen LogP) is -4.17. The quantitative estimate of drug-likeness (QED) is 0.0130. The Bertz CT molecular complexity index is 2650. The Labute approximate surface area is 536 Å². The Hall–Kier alpha value is -7.26. The van der Waals surface area contributed by atoms with Crippen molar-refractivity contribution in [3.8, 4) is 0 Å². The maximum Gasteiger partial charge on any atom is 0.246 e. The Kier molecular flexibility index (Phi) is 32.3. The normalized spacial score (nSPS) is 18.7. The van der Waals surface area contributed by atoms with Gasteiger partial charge in [-0.05, 0) is 75.5 Å². The number of nitrogens with zero attached hydrogens (tertiary/aromatic N) is 4. The summed E-state index contributed by atoms with van der Waals surface area (Å²) >= 11 is 8.46. The number of aliphatic hydroxyl groups excluding tert-OH is 1. The maximum atomic E-state index is 14.6. The molecular formula is C57H98N18O13S2. The number of likely N-dealkylation sites (tertiary alicyclic amines) is 2. The number of imidazole rings is 1. The average Bonchev–Trinajstić information content (AvgIpc) is 3.02. The van der Waals surface area contributed by atoms with Crippen LogP contribution in [-0.2, 0) is 64.0 Å². The number of aliphatic hydroxyl groups is 1. The number of nitrogens with one attached hydrogen (secondary N) is 10. The highest BCUT2D eigenvalue weighted by atomic mass is 32.1. The van der Waals surface area contributed by atoms with E-state index in [0.717, 1.165) is 0 Å². The lowest BCUT2D eigenvalue weighted by molar-refractivity contribution is -0.145. The summed E-state index contributed by atoms with van der Waals surface area (Å²) in [5, 5.41) is 33.7. The van der Waals surface area contributed by atoms with Gasteiger partial charge in [0, 0.05) is 49.5 Å². The molecule has 0 spiro atoms. The van der Waals surface area contributed by atoms with Crippen LogP contribution in [0.25, 0.3) is 0 Å². The molecule has 0 unspecified atom stereocenters. The second-order valence-electron chi connectivity index (χ2n) is 23.8. The van der Waals surface area contributed by atoms with Crippen LogP contribution in [0.5, 0.6) is 0 Å². The summed E-state index contributed by atoms with van der Waals surface area (Å²) in [6.45, 7) is 15.0.